The molecule has 1 aliphatic carbocycles. The Kier molecular flexibility index (Phi) is 4.53. The topological polar surface area (TPSA) is 85.1 Å². The van der Waals surface area contributed by atoms with E-state index >= 15 is 0 Å². The van der Waals surface area contributed by atoms with Crippen molar-refractivity contribution in [3.63, 3.8) is 0 Å². The third-order valence-electron chi connectivity index (χ3n) is 5.93. The molecular weight excluding hydrogens is 362 g/mol. The number of likely N-dealkylation sites (tertiary alicyclic amines) is 1. The number of phenols is 1. The van der Waals surface area contributed by atoms with Gasteiger partial charge >= 0.3 is 0 Å². The first kappa shape index (κ1) is 17.9. The van der Waals surface area contributed by atoms with Crippen LogP contribution < -0.4 is 5.32 Å². The standard InChI is InChI=1S/C23H23N5O/c24-13-15-7-10-20(21(29)12-15)22-18-5-1-2-6-19(18)23(27-26-22)25-16-4-3-11-28(14-16)17-8-9-17/h1-2,5-7,10,12,16-17,29H,3-4,8-9,11,14H2,(H,25,27). The van der Waals surface area contributed by atoms with Gasteiger partial charge in [-0.05, 0) is 50.4 Å². The monoisotopic (exact) mass is 385 g/mol. The van der Waals surface area contributed by atoms with E-state index in [1.165, 1.54) is 31.9 Å². The minimum absolute atomic E-state index is 0.0385. The molecule has 29 heavy (non-hydrogen) atoms. The Labute approximate surface area is 169 Å². The summed E-state index contributed by atoms with van der Waals surface area (Å²) < 4.78 is 0. The zero-order valence-electron chi connectivity index (χ0n) is 16.2. The Morgan fingerprint density at radius 2 is 1.90 bits per heavy atom. The molecule has 146 valence electrons. The largest absolute Gasteiger partial charge is 0.507 e. The van der Waals surface area contributed by atoms with Gasteiger partial charge in [-0.1, -0.05) is 24.3 Å². The molecule has 1 saturated carbocycles. The number of benzene rings is 2. The lowest BCUT2D eigenvalue weighted by molar-refractivity contribution is 0.207. The minimum atomic E-state index is 0.0385. The fourth-order valence-electron chi connectivity index (χ4n) is 4.30. The van der Waals surface area contributed by atoms with Gasteiger partial charge in [0, 0.05) is 35.0 Å². The normalized spacial score (nSPS) is 19.8. The highest BCUT2D eigenvalue weighted by Crippen LogP contribution is 2.36. The van der Waals surface area contributed by atoms with Crippen molar-refractivity contribution in [1.29, 1.82) is 5.26 Å². The molecule has 3 aromatic rings. The second-order valence-electron chi connectivity index (χ2n) is 8.00. The predicted octanol–water partition coefficient (Wildman–Crippen LogP) is 3.91. The highest BCUT2D eigenvalue weighted by Gasteiger charge is 2.32. The molecule has 1 unspecified atom stereocenters. The number of piperidine rings is 1. The molecule has 2 N–H and O–H groups in total. The molecule has 0 radical (unpaired) electrons. The smallest absolute Gasteiger partial charge is 0.156 e. The third-order valence-corrected chi connectivity index (χ3v) is 5.93. The number of fused-ring (bicyclic) bond motifs is 1. The van der Waals surface area contributed by atoms with Crippen LogP contribution in [0.25, 0.3) is 22.0 Å². The van der Waals surface area contributed by atoms with Crippen molar-refractivity contribution in [2.45, 2.75) is 37.8 Å². The Morgan fingerprint density at radius 1 is 1.07 bits per heavy atom. The number of hydrogen-bond donors (Lipinski definition) is 2. The van der Waals surface area contributed by atoms with Gasteiger partial charge in [0.2, 0.25) is 0 Å². The van der Waals surface area contributed by atoms with E-state index in [-0.39, 0.29) is 5.75 Å². The molecular formula is C23H23N5O. The number of nitrogens with zero attached hydrogens (tertiary/aromatic N) is 4. The number of anilines is 1. The van der Waals surface area contributed by atoms with E-state index in [1.54, 1.807) is 12.1 Å². The SMILES string of the molecule is N#Cc1ccc(-c2nnc(NC3CCCN(C4CC4)C3)c3ccccc23)c(O)c1. The Bertz CT molecular complexity index is 1100. The molecule has 5 rings (SSSR count). The number of nitrogens with one attached hydrogen (secondary N) is 1. The molecule has 2 heterocycles. The maximum Gasteiger partial charge on any atom is 0.156 e. The van der Waals surface area contributed by atoms with Gasteiger partial charge in [-0.15, -0.1) is 10.2 Å². The van der Waals surface area contributed by atoms with E-state index in [1.807, 2.05) is 30.3 Å². The van der Waals surface area contributed by atoms with Gasteiger partial charge in [-0.2, -0.15) is 5.26 Å². The Balaban J connectivity index is 1.49. The molecule has 0 spiro atoms. The summed E-state index contributed by atoms with van der Waals surface area (Å²) in [5.41, 5.74) is 1.62. The first-order valence-electron chi connectivity index (χ1n) is 10.2. The van der Waals surface area contributed by atoms with Crippen molar-refractivity contribution in [1.82, 2.24) is 15.1 Å². The highest BCUT2D eigenvalue weighted by molar-refractivity contribution is 6.00. The molecule has 2 aliphatic rings. The summed E-state index contributed by atoms with van der Waals surface area (Å²) in [5.74, 6) is 0.830. The fourth-order valence-corrected chi connectivity index (χ4v) is 4.30. The van der Waals surface area contributed by atoms with E-state index < -0.39 is 0 Å². The maximum absolute atomic E-state index is 10.4. The maximum atomic E-state index is 10.4. The van der Waals surface area contributed by atoms with Crippen LogP contribution in [0.5, 0.6) is 5.75 Å². The van der Waals surface area contributed by atoms with Crippen LogP contribution in [0.2, 0.25) is 0 Å². The number of phenolic OH excluding ortho intramolecular Hbond substituents is 1. The summed E-state index contributed by atoms with van der Waals surface area (Å²) in [6, 6.07) is 16.1. The second-order valence-corrected chi connectivity index (χ2v) is 8.00. The van der Waals surface area contributed by atoms with Crippen molar-refractivity contribution in [3.8, 4) is 23.1 Å². The van der Waals surface area contributed by atoms with Gasteiger partial charge in [0.05, 0.1) is 11.6 Å². The number of aromatic nitrogens is 2. The summed E-state index contributed by atoms with van der Waals surface area (Å²) >= 11 is 0. The van der Waals surface area contributed by atoms with Crippen molar-refractivity contribution in [2.75, 3.05) is 18.4 Å². The van der Waals surface area contributed by atoms with Gasteiger partial charge in [0.15, 0.2) is 5.82 Å². The third kappa shape index (κ3) is 3.50. The fraction of sp³-hybridized carbons (Fsp3) is 0.348. The number of rotatable bonds is 4. The molecule has 1 aromatic heterocycles. The molecule has 2 fully saturated rings. The van der Waals surface area contributed by atoms with Crippen molar-refractivity contribution in [3.05, 3.63) is 48.0 Å². The molecule has 6 nitrogen and oxygen atoms in total. The summed E-state index contributed by atoms with van der Waals surface area (Å²) in [5, 5.41) is 34.0. The minimum Gasteiger partial charge on any atom is -0.507 e. The molecule has 6 heteroatoms. The van der Waals surface area contributed by atoms with Crippen LogP contribution in [0.15, 0.2) is 42.5 Å². The van der Waals surface area contributed by atoms with Crippen LogP contribution >= 0.6 is 0 Å². The van der Waals surface area contributed by atoms with E-state index in [0.29, 0.717) is 22.9 Å². The molecule has 1 saturated heterocycles. The van der Waals surface area contributed by atoms with E-state index in [9.17, 15) is 5.11 Å². The zero-order chi connectivity index (χ0) is 19.8. The summed E-state index contributed by atoms with van der Waals surface area (Å²) in [6.07, 6.45) is 5.00. The predicted molar refractivity (Wildman–Crippen MR) is 113 cm³/mol. The highest BCUT2D eigenvalue weighted by atomic mass is 16.3. The van der Waals surface area contributed by atoms with Gasteiger partial charge in [0.25, 0.3) is 0 Å². The van der Waals surface area contributed by atoms with Crippen LogP contribution in [0.3, 0.4) is 0 Å². The van der Waals surface area contributed by atoms with E-state index in [4.69, 9.17) is 5.26 Å². The number of nitriles is 1. The molecule has 1 aliphatic heterocycles. The van der Waals surface area contributed by atoms with Crippen molar-refractivity contribution in [2.24, 2.45) is 0 Å². The lowest BCUT2D eigenvalue weighted by atomic mass is 10.0. The molecule has 1 atom stereocenters. The van der Waals surface area contributed by atoms with Crippen LogP contribution in [0.4, 0.5) is 5.82 Å². The van der Waals surface area contributed by atoms with Gasteiger partial charge in [-0.3, -0.25) is 4.90 Å². The zero-order valence-corrected chi connectivity index (χ0v) is 16.2. The number of hydrogen-bond acceptors (Lipinski definition) is 6. The molecule has 2 aromatic carbocycles. The van der Waals surface area contributed by atoms with Gasteiger partial charge in [0.1, 0.15) is 11.4 Å². The summed E-state index contributed by atoms with van der Waals surface area (Å²) in [6.45, 7) is 2.25. The average Bonchev–Trinajstić information content (AvgIpc) is 3.60. The summed E-state index contributed by atoms with van der Waals surface area (Å²) in [7, 11) is 0. The Hall–Kier alpha value is -3.17. The van der Waals surface area contributed by atoms with E-state index in [2.05, 4.69) is 20.4 Å². The van der Waals surface area contributed by atoms with Gasteiger partial charge in [-0.25, -0.2) is 0 Å². The van der Waals surface area contributed by atoms with Crippen LogP contribution in [-0.2, 0) is 0 Å². The van der Waals surface area contributed by atoms with Crippen molar-refractivity contribution < 1.29 is 5.11 Å². The summed E-state index contributed by atoms with van der Waals surface area (Å²) in [4.78, 5) is 2.60. The molecule has 0 bridgehead atoms. The van der Waals surface area contributed by atoms with Gasteiger partial charge < -0.3 is 10.4 Å². The van der Waals surface area contributed by atoms with Crippen molar-refractivity contribution >= 4 is 16.6 Å². The van der Waals surface area contributed by atoms with Crippen LogP contribution in [0, 0.1) is 11.3 Å². The van der Waals surface area contributed by atoms with Crippen LogP contribution in [0.1, 0.15) is 31.2 Å². The Morgan fingerprint density at radius 3 is 2.66 bits per heavy atom. The average molecular weight is 385 g/mol. The first-order valence-corrected chi connectivity index (χ1v) is 10.2. The lowest BCUT2D eigenvalue weighted by Gasteiger charge is -2.33. The first-order chi connectivity index (χ1) is 14.2. The molecule has 0 amide bonds. The quantitative estimate of drug-likeness (QED) is 0.708. The number of aromatic hydroxyl groups is 1. The lowest BCUT2D eigenvalue weighted by Crippen LogP contribution is -2.43. The van der Waals surface area contributed by atoms with E-state index in [0.717, 1.165) is 35.6 Å². The van der Waals surface area contributed by atoms with Crippen LogP contribution in [-0.4, -0.2) is 45.4 Å². The second kappa shape index (κ2) is 7.34.